The van der Waals surface area contributed by atoms with Gasteiger partial charge in [-0.3, -0.25) is 9.05 Å². The zero-order chi connectivity index (χ0) is 8.32. The highest BCUT2D eigenvalue weighted by molar-refractivity contribution is 7.81. The average molecular weight is 201 g/mol. The lowest BCUT2D eigenvalue weighted by molar-refractivity contribution is 0.207. The molecule has 1 rings (SSSR count). The first-order valence-corrected chi connectivity index (χ1v) is 5.79. The molecule has 0 N–H and O–H groups in total. The van der Waals surface area contributed by atoms with Crippen LogP contribution in [0.15, 0.2) is 0 Å². The lowest BCUT2D eigenvalue weighted by atomic mass is 10.5. The molecule has 0 aromatic carbocycles. The Balaban J connectivity index is 2.15. The second kappa shape index (κ2) is 3.87. The van der Waals surface area contributed by atoms with Crippen LogP contribution in [-0.2, 0) is 18.3 Å². The Morgan fingerprint density at radius 3 is 2.82 bits per heavy atom. The van der Waals surface area contributed by atoms with Crippen LogP contribution < -0.4 is 0 Å². The van der Waals surface area contributed by atoms with Crippen molar-refractivity contribution in [2.45, 2.75) is 13.0 Å². The van der Waals surface area contributed by atoms with Gasteiger partial charge in [0.05, 0.1) is 19.8 Å². The molecule has 1 fully saturated rings. The number of epoxide rings is 1. The summed E-state index contributed by atoms with van der Waals surface area (Å²) >= 11 is 5.36. The predicted octanol–water partition coefficient (Wildman–Crippen LogP) is 1.79. The Hall–Kier alpha value is 0.400. The fourth-order valence-corrected chi connectivity index (χ4v) is 1.72. The number of ether oxygens (including phenoxy) is 1. The predicted molar refractivity (Wildman–Crippen MR) is 40.8 cm³/mol. The monoisotopic (exact) mass is 200 g/mol. The summed E-state index contributed by atoms with van der Waals surface area (Å²) in [6.07, 6.45) is 0.0579. The zero-order valence-corrected chi connectivity index (χ0v) is 7.81. The van der Waals surface area contributed by atoms with Crippen LogP contribution in [0.25, 0.3) is 0 Å². The summed E-state index contributed by atoms with van der Waals surface area (Å²) in [6.45, 7) is -0.423. The van der Waals surface area contributed by atoms with E-state index in [-0.39, 0.29) is 19.3 Å². The fraction of sp³-hybridized carbons (Fsp3) is 1.00. The lowest BCUT2D eigenvalue weighted by Gasteiger charge is -2.08. The van der Waals surface area contributed by atoms with E-state index in [1.54, 1.807) is 6.92 Å². The van der Waals surface area contributed by atoms with Crippen LogP contribution in [0, 0.1) is 0 Å². The average Bonchev–Trinajstić information content (AvgIpc) is 2.65. The Kier molecular flexibility index (Phi) is 3.34. The third kappa shape index (κ3) is 4.09. The molecule has 66 valence electrons. The van der Waals surface area contributed by atoms with Crippen LogP contribution in [0.1, 0.15) is 6.92 Å². The van der Waals surface area contributed by atoms with Gasteiger partial charge in [0, 0.05) is 11.2 Å². The van der Waals surface area contributed by atoms with Crippen molar-refractivity contribution in [2.75, 3.05) is 19.8 Å². The zero-order valence-electron chi connectivity index (χ0n) is 6.16. The molecule has 0 spiro atoms. The summed E-state index contributed by atoms with van der Waals surface area (Å²) < 4.78 is 25.3. The summed E-state index contributed by atoms with van der Waals surface area (Å²) in [5.74, 6) is 0. The van der Waals surface area contributed by atoms with Gasteiger partial charge in [-0.15, -0.1) is 0 Å². The largest absolute Gasteiger partial charge is 0.424 e. The van der Waals surface area contributed by atoms with E-state index in [1.165, 1.54) is 0 Å². The minimum absolute atomic E-state index is 0.0579. The van der Waals surface area contributed by atoms with Gasteiger partial charge < -0.3 is 4.74 Å². The van der Waals surface area contributed by atoms with Gasteiger partial charge in [0.15, 0.2) is 0 Å². The van der Waals surface area contributed by atoms with Gasteiger partial charge in [0.25, 0.3) is 0 Å². The second-order valence-corrected chi connectivity index (χ2v) is 4.72. The SMILES string of the molecule is CCOP(=O)(Cl)OCC1CO1. The van der Waals surface area contributed by atoms with Crippen molar-refractivity contribution < 1.29 is 18.3 Å². The molecule has 1 saturated heterocycles. The summed E-state index contributed by atoms with van der Waals surface area (Å²) in [5, 5.41) is 0. The molecule has 11 heavy (non-hydrogen) atoms. The minimum atomic E-state index is -3.31. The summed E-state index contributed by atoms with van der Waals surface area (Å²) in [6, 6.07) is 0. The fourth-order valence-electron chi connectivity index (χ4n) is 0.528. The summed E-state index contributed by atoms with van der Waals surface area (Å²) in [5.41, 5.74) is 0. The van der Waals surface area contributed by atoms with Crippen molar-refractivity contribution in [3.05, 3.63) is 0 Å². The van der Waals surface area contributed by atoms with Crippen LogP contribution in [0.4, 0.5) is 0 Å². The van der Waals surface area contributed by atoms with Crippen molar-refractivity contribution in [1.82, 2.24) is 0 Å². The van der Waals surface area contributed by atoms with E-state index in [4.69, 9.17) is 20.5 Å². The standard InChI is InChI=1S/C5H10ClO4P/c1-2-9-11(6,7)10-4-5-3-8-5/h5H,2-4H2,1H3. The smallest absolute Gasteiger partial charge is 0.371 e. The number of hydrogen-bond acceptors (Lipinski definition) is 4. The molecule has 0 amide bonds. The Labute approximate surface area is 70.1 Å². The number of halogens is 1. The molecule has 2 atom stereocenters. The van der Waals surface area contributed by atoms with Gasteiger partial charge in [0.1, 0.15) is 6.10 Å². The molecule has 0 aromatic heterocycles. The molecule has 0 aromatic rings. The van der Waals surface area contributed by atoms with E-state index in [0.717, 1.165) is 0 Å². The maximum Gasteiger partial charge on any atom is 0.424 e. The van der Waals surface area contributed by atoms with Crippen molar-refractivity contribution >= 4 is 18.2 Å². The van der Waals surface area contributed by atoms with Crippen LogP contribution in [-0.4, -0.2) is 25.9 Å². The molecular formula is C5H10ClO4P. The molecule has 1 heterocycles. The molecule has 1 aliphatic heterocycles. The van der Waals surface area contributed by atoms with E-state index in [1.807, 2.05) is 0 Å². The topological polar surface area (TPSA) is 48.1 Å². The first-order valence-electron chi connectivity index (χ1n) is 3.34. The third-order valence-electron chi connectivity index (χ3n) is 1.10. The van der Waals surface area contributed by atoms with Crippen molar-refractivity contribution in [3.63, 3.8) is 0 Å². The van der Waals surface area contributed by atoms with E-state index in [2.05, 4.69) is 4.52 Å². The highest BCUT2D eigenvalue weighted by Gasteiger charge is 2.28. The van der Waals surface area contributed by atoms with Gasteiger partial charge in [-0.1, -0.05) is 0 Å². The lowest BCUT2D eigenvalue weighted by Crippen LogP contribution is -1.98. The molecule has 2 unspecified atom stereocenters. The van der Waals surface area contributed by atoms with Crippen LogP contribution in [0.3, 0.4) is 0 Å². The number of rotatable bonds is 5. The molecular weight excluding hydrogens is 190 g/mol. The molecule has 4 nitrogen and oxygen atoms in total. The van der Waals surface area contributed by atoms with Crippen LogP contribution in [0.2, 0.25) is 0 Å². The maximum absolute atomic E-state index is 11.0. The molecule has 0 bridgehead atoms. The Morgan fingerprint density at radius 2 is 2.36 bits per heavy atom. The highest BCUT2D eigenvalue weighted by Crippen LogP contribution is 2.53. The Morgan fingerprint density at radius 1 is 1.73 bits per heavy atom. The van der Waals surface area contributed by atoms with E-state index in [0.29, 0.717) is 6.61 Å². The van der Waals surface area contributed by atoms with Crippen molar-refractivity contribution in [1.29, 1.82) is 0 Å². The molecule has 0 aliphatic carbocycles. The van der Waals surface area contributed by atoms with E-state index in [9.17, 15) is 4.57 Å². The van der Waals surface area contributed by atoms with Gasteiger partial charge >= 0.3 is 6.95 Å². The van der Waals surface area contributed by atoms with Gasteiger partial charge in [-0.2, -0.15) is 0 Å². The van der Waals surface area contributed by atoms with Crippen LogP contribution in [0.5, 0.6) is 0 Å². The third-order valence-corrected chi connectivity index (χ3v) is 2.71. The van der Waals surface area contributed by atoms with E-state index < -0.39 is 6.95 Å². The molecule has 0 radical (unpaired) electrons. The maximum atomic E-state index is 11.0. The van der Waals surface area contributed by atoms with Gasteiger partial charge in [-0.25, -0.2) is 4.57 Å². The molecule has 1 aliphatic rings. The molecule has 6 heteroatoms. The van der Waals surface area contributed by atoms with E-state index >= 15 is 0 Å². The normalized spacial score (nSPS) is 28.0. The van der Waals surface area contributed by atoms with Gasteiger partial charge in [-0.05, 0) is 6.92 Å². The van der Waals surface area contributed by atoms with Crippen LogP contribution >= 0.6 is 18.2 Å². The first kappa shape index (κ1) is 9.49. The quantitative estimate of drug-likeness (QED) is 0.501. The van der Waals surface area contributed by atoms with Crippen molar-refractivity contribution in [3.8, 4) is 0 Å². The Bertz CT molecular complexity index is 170. The first-order chi connectivity index (χ1) is 5.14. The van der Waals surface area contributed by atoms with Gasteiger partial charge in [0.2, 0.25) is 0 Å². The second-order valence-electron chi connectivity index (χ2n) is 2.10. The number of hydrogen-bond donors (Lipinski definition) is 0. The molecule has 0 saturated carbocycles. The minimum Gasteiger partial charge on any atom is -0.371 e. The highest BCUT2D eigenvalue weighted by atomic mass is 35.7. The summed E-state index contributed by atoms with van der Waals surface area (Å²) in [4.78, 5) is 0. The van der Waals surface area contributed by atoms with Crippen molar-refractivity contribution in [2.24, 2.45) is 0 Å². The summed E-state index contributed by atoms with van der Waals surface area (Å²) in [7, 11) is 0.